The van der Waals surface area contributed by atoms with Gasteiger partial charge in [0.25, 0.3) is 0 Å². The van der Waals surface area contributed by atoms with Crippen molar-refractivity contribution in [3.05, 3.63) is 42.5 Å². The van der Waals surface area contributed by atoms with Crippen LogP contribution in [0.5, 0.6) is 0 Å². The zero-order chi connectivity index (χ0) is 10.4. The third-order valence-electron chi connectivity index (χ3n) is 2.07. The highest BCUT2D eigenvalue weighted by Gasteiger charge is 2.07. The summed E-state index contributed by atoms with van der Waals surface area (Å²) in [5.41, 5.74) is 6.89. The van der Waals surface area contributed by atoms with Crippen LogP contribution >= 0.6 is 0 Å². The highest BCUT2D eigenvalue weighted by atomic mass is 16.1. The number of nitrogen functional groups attached to an aromatic ring is 1. The molecule has 0 fully saturated rings. The SMILES string of the molecule is C=CCCCC(=O)c1ccccc1N. The van der Waals surface area contributed by atoms with Crippen LogP contribution in [-0.4, -0.2) is 5.78 Å². The van der Waals surface area contributed by atoms with Gasteiger partial charge in [-0.2, -0.15) is 0 Å². The number of ketones is 1. The Morgan fingerprint density at radius 2 is 2.14 bits per heavy atom. The topological polar surface area (TPSA) is 43.1 Å². The van der Waals surface area contributed by atoms with E-state index >= 15 is 0 Å². The van der Waals surface area contributed by atoms with E-state index in [-0.39, 0.29) is 5.78 Å². The summed E-state index contributed by atoms with van der Waals surface area (Å²) >= 11 is 0. The van der Waals surface area contributed by atoms with Gasteiger partial charge in [-0.1, -0.05) is 18.2 Å². The number of carbonyl (C=O) groups excluding carboxylic acids is 1. The summed E-state index contributed by atoms with van der Waals surface area (Å²) < 4.78 is 0. The van der Waals surface area contributed by atoms with Crippen molar-refractivity contribution in [2.45, 2.75) is 19.3 Å². The van der Waals surface area contributed by atoms with Crippen molar-refractivity contribution in [3.8, 4) is 0 Å². The number of carbonyl (C=O) groups is 1. The van der Waals surface area contributed by atoms with Crippen LogP contribution in [0.2, 0.25) is 0 Å². The van der Waals surface area contributed by atoms with E-state index in [0.717, 1.165) is 12.8 Å². The Hall–Kier alpha value is -1.57. The highest BCUT2D eigenvalue weighted by molar-refractivity contribution is 6.00. The van der Waals surface area contributed by atoms with Crippen molar-refractivity contribution in [3.63, 3.8) is 0 Å². The lowest BCUT2D eigenvalue weighted by molar-refractivity contribution is 0.0981. The molecule has 0 amide bonds. The number of rotatable bonds is 5. The molecule has 2 nitrogen and oxygen atoms in total. The fourth-order valence-electron chi connectivity index (χ4n) is 1.29. The number of para-hydroxylation sites is 1. The second-order valence-electron chi connectivity index (χ2n) is 3.19. The van der Waals surface area contributed by atoms with Crippen LogP contribution < -0.4 is 5.73 Å². The van der Waals surface area contributed by atoms with Crippen molar-refractivity contribution in [1.82, 2.24) is 0 Å². The van der Waals surface area contributed by atoms with Crippen LogP contribution in [0.4, 0.5) is 5.69 Å². The average Bonchev–Trinajstić information content (AvgIpc) is 2.18. The number of Topliss-reactive ketones (excluding diaryl/α,β-unsaturated/α-hetero) is 1. The molecule has 0 atom stereocenters. The molecule has 0 bridgehead atoms. The molecule has 0 radical (unpaired) electrons. The van der Waals surface area contributed by atoms with Crippen LogP contribution in [-0.2, 0) is 0 Å². The summed E-state index contributed by atoms with van der Waals surface area (Å²) in [7, 11) is 0. The molecule has 0 heterocycles. The lowest BCUT2D eigenvalue weighted by Gasteiger charge is -2.02. The summed E-state index contributed by atoms with van der Waals surface area (Å²) in [5.74, 6) is 0.116. The molecule has 0 aromatic heterocycles. The van der Waals surface area contributed by atoms with Gasteiger partial charge in [0.2, 0.25) is 0 Å². The first-order valence-corrected chi connectivity index (χ1v) is 4.74. The third kappa shape index (κ3) is 2.73. The zero-order valence-corrected chi connectivity index (χ0v) is 8.20. The van der Waals surface area contributed by atoms with Crippen LogP contribution in [0.25, 0.3) is 0 Å². The quantitative estimate of drug-likeness (QED) is 0.335. The minimum atomic E-state index is 0.116. The van der Waals surface area contributed by atoms with E-state index in [2.05, 4.69) is 6.58 Å². The largest absolute Gasteiger partial charge is 0.398 e. The smallest absolute Gasteiger partial charge is 0.164 e. The predicted molar refractivity (Wildman–Crippen MR) is 59.2 cm³/mol. The maximum atomic E-state index is 11.6. The van der Waals surface area contributed by atoms with Crippen molar-refractivity contribution in [2.75, 3.05) is 5.73 Å². The summed E-state index contributed by atoms with van der Waals surface area (Å²) in [6, 6.07) is 7.18. The first-order chi connectivity index (χ1) is 6.75. The molecule has 0 spiro atoms. The minimum Gasteiger partial charge on any atom is -0.398 e. The summed E-state index contributed by atoms with van der Waals surface area (Å²) in [6.07, 6.45) is 4.08. The van der Waals surface area contributed by atoms with Crippen molar-refractivity contribution in [2.24, 2.45) is 0 Å². The zero-order valence-electron chi connectivity index (χ0n) is 8.20. The van der Waals surface area contributed by atoms with E-state index in [0.29, 0.717) is 17.7 Å². The highest BCUT2D eigenvalue weighted by Crippen LogP contribution is 2.14. The molecule has 2 heteroatoms. The standard InChI is InChI=1S/C12H15NO/c1-2-3-4-9-12(14)10-7-5-6-8-11(10)13/h2,5-8H,1,3-4,9,13H2. The Morgan fingerprint density at radius 3 is 2.79 bits per heavy atom. The molecule has 1 rings (SSSR count). The third-order valence-corrected chi connectivity index (χ3v) is 2.07. The van der Waals surface area contributed by atoms with Crippen LogP contribution in [0.15, 0.2) is 36.9 Å². The number of unbranched alkanes of at least 4 members (excludes halogenated alkanes) is 1. The fourth-order valence-corrected chi connectivity index (χ4v) is 1.29. The van der Waals surface area contributed by atoms with Gasteiger partial charge in [-0.25, -0.2) is 0 Å². The van der Waals surface area contributed by atoms with E-state index in [4.69, 9.17) is 5.73 Å². The van der Waals surface area contributed by atoms with E-state index in [9.17, 15) is 4.79 Å². The number of anilines is 1. The molecular weight excluding hydrogens is 174 g/mol. The minimum absolute atomic E-state index is 0.116. The molecular formula is C12H15NO. The summed E-state index contributed by atoms with van der Waals surface area (Å²) in [6.45, 7) is 3.61. The Balaban J connectivity index is 2.60. The number of allylic oxidation sites excluding steroid dienone is 1. The number of hydrogen-bond donors (Lipinski definition) is 1. The lowest BCUT2D eigenvalue weighted by atomic mass is 10.0. The molecule has 74 valence electrons. The predicted octanol–water partition coefficient (Wildman–Crippen LogP) is 2.81. The second-order valence-corrected chi connectivity index (χ2v) is 3.19. The van der Waals surface area contributed by atoms with Gasteiger partial charge >= 0.3 is 0 Å². The number of nitrogens with two attached hydrogens (primary N) is 1. The van der Waals surface area contributed by atoms with Gasteiger partial charge in [0.15, 0.2) is 5.78 Å². The molecule has 0 aliphatic rings. The van der Waals surface area contributed by atoms with Crippen LogP contribution in [0.3, 0.4) is 0 Å². The average molecular weight is 189 g/mol. The summed E-state index contributed by atoms with van der Waals surface area (Å²) in [4.78, 5) is 11.6. The van der Waals surface area contributed by atoms with Crippen molar-refractivity contribution in [1.29, 1.82) is 0 Å². The molecule has 0 saturated carbocycles. The Bertz CT molecular complexity index is 331. The van der Waals surface area contributed by atoms with E-state index in [1.54, 1.807) is 12.1 Å². The fraction of sp³-hybridized carbons (Fsp3) is 0.250. The molecule has 14 heavy (non-hydrogen) atoms. The van der Waals surface area contributed by atoms with Gasteiger partial charge < -0.3 is 5.73 Å². The normalized spacial score (nSPS) is 9.71. The second kappa shape index (κ2) is 5.22. The van der Waals surface area contributed by atoms with E-state index in [1.807, 2.05) is 18.2 Å². The first kappa shape index (κ1) is 10.5. The lowest BCUT2D eigenvalue weighted by Crippen LogP contribution is -2.02. The van der Waals surface area contributed by atoms with Crippen LogP contribution in [0, 0.1) is 0 Å². The van der Waals surface area contributed by atoms with Gasteiger partial charge in [0.1, 0.15) is 0 Å². The van der Waals surface area contributed by atoms with Crippen molar-refractivity contribution >= 4 is 11.5 Å². The number of benzene rings is 1. The Kier molecular flexibility index (Phi) is 3.92. The maximum absolute atomic E-state index is 11.6. The molecule has 0 aliphatic carbocycles. The van der Waals surface area contributed by atoms with Gasteiger partial charge in [0, 0.05) is 17.7 Å². The van der Waals surface area contributed by atoms with Gasteiger partial charge in [-0.05, 0) is 25.0 Å². The summed E-state index contributed by atoms with van der Waals surface area (Å²) in [5, 5.41) is 0. The van der Waals surface area contributed by atoms with Gasteiger partial charge in [-0.15, -0.1) is 6.58 Å². The van der Waals surface area contributed by atoms with Crippen molar-refractivity contribution < 1.29 is 4.79 Å². The molecule has 1 aromatic carbocycles. The number of hydrogen-bond acceptors (Lipinski definition) is 2. The van der Waals surface area contributed by atoms with Gasteiger partial charge in [-0.3, -0.25) is 4.79 Å². The molecule has 0 saturated heterocycles. The first-order valence-electron chi connectivity index (χ1n) is 4.74. The molecule has 2 N–H and O–H groups in total. The van der Waals surface area contributed by atoms with Crippen LogP contribution in [0.1, 0.15) is 29.6 Å². The monoisotopic (exact) mass is 189 g/mol. The molecule has 0 unspecified atom stereocenters. The van der Waals surface area contributed by atoms with E-state index in [1.165, 1.54) is 0 Å². The molecule has 0 aliphatic heterocycles. The molecule has 1 aromatic rings. The maximum Gasteiger partial charge on any atom is 0.164 e. The van der Waals surface area contributed by atoms with Gasteiger partial charge in [0.05, 0.1) is 0 Å². The Morgan fingerprint density at radius 1 is 1.43 bits per heavy atom. The Labute approximate surface area is 84.4 Å². The van der Waals surface area contributed by atoms with E-state index < -0.39 is 0 Å².